The van der Waals surface area contributed by atoms with Crippen molar-refractivity contribution in [2.45, 2.75) is 52.1 Å². The fourth-order valence-corrected chi connectivity index (χ4v) is 7.58. The monoisotopic (exact) mass is 897 g/mol. The summed E-state index contributed by atoms with van der Waals surface area (Å²) in [6, 6.07) is 18.1. The summed E-state index contributed by atoms with van der Waals surface area (Å²) >= 11 is 6.90. The summed E-state index contributed by atoms with van der Waals surface area (Å²) in [5.41, 5.74) is 11.4. The normalized spacial score (nSPS) is 12.8. The third-order valence-electron chi connectivity index (χ3n) is 10.7. The van der Waals surface area contributed by atoms with Crippen molar-refractivity contribution in [3.05, 3.63) is 119 Å². The van der Waals surface area contributed by atoms with Gasteiger partial charge in [-0.2, -0.15) is 19.5 Å². The lowest BCUT2D eigenvalue weighted by molar-refractivity contribution is -0.121. The standard InChI is InChI=1S/C45H48ClN15O4/c1-28-31(32-10-6-12-34(39(32)46)55-41(63)35-16-15-29(23-52-35)27-60-20-3-2-4-21-60)9-5-11-33(28)54-42(64)36-26-51-30(25-53-36)24-48-18-19-49-38(62)14-7-17-50-44-57-43(47)61-45(58-44)56-40(59-61)37-13-8-22-65-37/h5-6,8-13,15-16,22-23,25-26,48H,2-4,7,14,17-21,24,27H2,1H3,(H,49,62)(H,54,64)(H,55,63)(H3,47,50,56,57,58,59). The van der Waals surface area contributed by atoms with Gasteiger partial charge in [0.1, 0.15) is 11.4 Å². The minimum absolute atomic E-state index is 0.0979. The molecule has 334 valence electrons. The van der Waals surface area contributed by atoms with Gasteiger partial charge < -0.3 is 36.7 Å². The second-order valence-electron chi connectivity index (χ2n) is 15.4. The first kappa shape index (κ1) is 44.3. The largest absolute Gasteiger partial charge is 0.461 e. The molecule has 2 aromatic carbocycles. The zero-order valence-electron chi connectivity index (χ0n) is 35.7. The number of halogens is 1. The molecule has 3 amide bonds. The topological polar surface area (TPSA) is 248 Å². The van der Waals surface area contributed by atoms with Crippen molar-refractivity contribution >= 4 is 58.4 Å². The maximum Gasteiger partial charge on any atom is 0.275 e. The number of fused-ring (bicyclic) bond motifs is 1. The number of hydrogen-bond acceptors (Lipinski definition) is 15. The molecule has 65 heavy (non-hydrogen) atoms. The van der Waals surface area contributed by atoms with E-state index in [0.29, 0.717) is 84.0 Å². The van der Waals surface area contributed by atoms with Gasteiger partial charge in [-0.1, -0.05) is 48.4 Å². The van der Waals surface area contributed by atoms with Gasteiger partial charge in [0.15, 0.2) is 5.76 Å². The lowest BCUT2D eigenvalue weighted by Crippen LogP contribution is -2.31. The van der Waals surface area contributed by atoms with Gasteiger partial charge in [-0.15, -0.1) is 5.10 Å². The van der Waals surface area contributed by atoms with Crippen LogP contribution in [-0.4, -0.2) is 94.9 Å². The van der Waals surface area contributed by atoms with Crippen LogP contribution in [0, 0.1) is 6.92 Å². The van der Waals surface area contributed by atoms with Crippen LogP contribution >= 0.6 is 11.6 Å². The van der Waals surface area contributed by atoms with Crippen molar-refractivity contribution in [1.82, 2.24) is 55.1 Å². The Labute approximate surface area is 379 Å². The second-order valence-corrected chi connectivity index (χ2v) is 15.8. The molecule has 0 saturated carbocycles. The Morgan fingerprint density at radius 3 is 2.35 bits per heavy atom. The Morgan fingerprint density at radius 1 is 0.800 bits per heavy atom. The Bertz CT molecular complexity index is 2760. The van der Waals surface area contributed by atoms with Gasteiger partial charge in [-0.25, -0.2) is 4.98 Å². The number of piperidine rings is 1. The summed E-state index contributed by atoms with van der Waals surface area (Å²) in [4.78, 5) is 67.4. The number of rotatable bonds is 18. The van der Waals surface area contributed by atoms with E-state index in [0.717, 1.165) is 36.3 Å². The van der Waals surface area contributed by atoms with E-state index in [-0.39, 0.29) is 35.2 Å². The number of anilines is 4. The fraction of sp³-hybridized carbons (Fsp3) is 0.289. The third-order valence-corrected chi connectivity index (χ3v) is 11.1. The highest BCUT2D eigenvalue weighted by molar-refractivity contribution is 6.36. The van der Waals surface area contributed by atoms with Crippen molar-refractivity contribution in [1.29, 1.82) is 0 Å². The number of nitrogens with two attached hydrogens (primary N) is 1. The van der Waals surface area contributed by atoms with E-state index in [1.807, 2.05) is 37.3 Å². The lowest BCUT2D eigenvalue weighted by atomic mass is 9.98. The van der Waals surface area contributed by atoms with E-state index in [1.165, 1.54) is 42.4 Å². The molecule has 0 bridgehead atoms. The Morgan fingerprint density at radius 2 is 1.58 bits per heavy atom. The first-order valence-electron chi connectivity index (χ1n) is 21.3. The van der Waals surface area contributed by atoms with Crippen molar-refractivity contribution in [3.63, 3.8) is 0 Å². The molecule has 8 rings (SSSR count). The Balaban J connectivity index is 0.757. The van der Waals surface area contributed by atoms with Crippen LogP contribution in [0.15, 0.2) is 89.9 Å². The maximum absolute atomic E-state index is 13.3. The second kappa shape index (κ2) is 20.9. The molecular weight excluding hydrogens is 850 g/mol. The molecule has 20 heteroatoms. The molecule has 1 aliphatic heterocycles. The van der Waals surface area contributed by atoms with E-state index in [1.54, 1.807) is 36.5 Å². The van der Waals surface area contributed by atoms with Crippen LogP contribution < -0.4 is 32.3 Å². The number of carbonyl (C=O) groups is 3. The molecule has 0 unspecified atom stereocenters. The summed E-state index contributed by atoms with van der Waals surface area (Å²) in [6.07, 6.45) is 10.8. The number of furan rings is 1. The van der Waals surface area contributed by atoms with Gasteiger partial charge in [0, 0.05) is 56.6 Å². The van der Waals surface area contributed by atoms with Crippen LogP contribution in [0.5, 0.6) is 0 Å². The number of carbonyl (C=O) groups excluding carboxylic acids is 3. The Hall–Kier alpha value is -7.35. The molecular formula is C45H48ClN15O4. The number of nitrogens with zero attached hydrogens (tertiary/aromatic N) is 9. The predicted molar refractivity (Wildman–Crippen MR) is 246 cm³/mol. The van der Waals surface area contributed by atoms with Gasteiger partial charge in [-0.05, 0) is 86.3 Å². The number of amides is 3. The number of nitrogen functional groups attached to an aromatic ring is 1. The molecule has 7 aromatic rings. The molecule has 1 fully saturated rings. The lowest BCUT2D eigenvalue weighted by Gasteiger charge is -2.26. The summed E-state index contributed by atoms with van der Waals surface area (Å²) in [6.45, 7) is 6.62. The van der Waals surface area contributed by atoms with E-state index in [2.05, 4.69) is 66.5 Å². The molecule has 7 N–H and O–H groups in total. The van der Waals surface area contributed by atoms with Gasteiger partial charge in [0.05, 0.1) is 35.1 Å². The van der Waals surface area contributed by atoms with Crippen LogP contribution in [0.3, 0.4) is 0 Å². The van der Waals surface area contributed by atoms with Crippen molar-refractivity contribution in [3.8, 4) is 22.7 Å². The van der Waals surface area contributed by atoms with E-state index < -0.39 is 5.91 Å². The van der Waals surface area contributed by atoms with Crippen LogP contribution in [0.25, 0.3) is 28.5 Å². The van der Waals surface area contributed by atoms with Gasteiger partial charge >= 0.3 is 0 Å². The summed E-state index contributed by atoms with van der Waals surface area (Å²) in [5, 5.41) is 19.7. The van der Waals surface area contributed by atoms with Gasteiger partial charge in [-0.3, -0.25) is 29.3 Å². The number of aromatic nitrogens is 8. The molecule has 6 heterocycles. The smallest absolute Gasteiger partial charge is 0.275 e. The Kier molecular flexibility index (Phi) is 14.2. The molecule has 0 atom stereocenters. The molecule has 5 aromatic heterocycles. The number of nitrogens with one attached hydrogen (secondary N) is 5. The van der Waals surface area contributed by atoms with Crippen molar-refractivity contribution < 1.29 is 18.8 Å². The SMILES string of the molecule is Cc1c(NC(=O)c2cnc(CNCCNC(=O)CCCNc3nc(N)n4nc(-c5ccco5)nc4n3)cn2)cccc1-c1cccc(NC(=O)c2ccc(CN3CCCCC3)cn2)c1Cl. The molecule has 1 saturated heterocycles. The molecule has 1 aliphatic rings. The third kappa shape index (κ3) is 11.2. The molecule has 19 nitrogen and oxygen atoms in total. The average Bonchev–Trinajstić information content (AvgIpc) is 4.02. The predicted octanol–water partition coefficient (Wildman–Crippen LogP) is 5.76. The van der Waals surface area contributed by atoms with Crippen LogP contribution in [0.4, 0.5) is 23.3 Å². The highest BCUT2D eigenvalue weighted by atomic mass is 35.5. The first-order chi connectivity index (χ1) is 31.7. The molecule has 0 spiro atoms. The summed E-state index contributed by atoms with van der Waals surface area (Å²) in [7, 11) is 0. The molecule has 0 radical (unpaired) electrons. The summed E-state index contributed by atoms with van der Waals surface area (Å²) in [5.74, 6) is 0.606. The quantitative estimate of drug-likeness (QED) is 0.0560. The van der Waals surface area contributed by atoms with Crippen molar-refractivity contribution in [2.24, 2.45) is 0 Å². The van der Waals surface area contributed by atoms with E-state index >= 15 is 0 Å². The van der Waals surface area contributed by atoms with Crippen molar-refractivity contribution in [2.75, 3.05) is 54.4 Å². The number of benzene rings is 2. The molecule has 0 aliphatic carbocycles. The first-order valence-corrected chi connectivity index (χ1v) is 21.7. The number of pyridine rings is 1. The number of likely N-dealkylation sites (tertiary alicyclic amines) is 1. The van der Waals surface area contributed by atoms with Crippen LogP contribution in [0.2, 0.25) is 5.02 Å². The average molecular weight is 898 g/mol. The zero-order chi connectivity index (χ0) is 45.1. The fourth-order valence-electron chi connectivity index (χ4n) is 7.30. The van der Waals surface area contributed by atoms with E-state index in [9.17, 15) is 14.4 Å². The van der Waals surface area contributed by atoms with Gasteiger partial charge in [0.25, 0.3) is 17.6 Å². The minimum atomic E-state index is -0.426. The highest BCUT2D eigenvalue weighted by Crippen LogP contribution is 2.37. The van der Waals surface area contributed by atoms with E-state index in [4.69, 9.17) is 21.8 Å². The highest BCUT2D eigenvalue weighted by Gasteiger charge is 2.19. The maximum atomic E-state index is 13.3. The summed E-state index contributed by atoms with van der Waals surface area (Å²) < 4.78 is 6.67. The minimum Gasteiger partial charge on any atom is -0.461 e. The zero-order valence-corrected chi connectivity index (χ0v) is 36.4. The van der Waals surface area contributed by atoms with Crippen LogP contribution in [0.1, 0.15) is 69.9 Å². The van der Waals surface area contributed by atoms with Crippen LogP contribution in [-0.2, 0) is 17.9 Å². The van der Waals surface area contributed by atoms with Gasteiger partial charge in [0.2, 0.25) is 23.6 Å². The number of hydrogen-bond donors (Lipinski definition) is 6.